The third-order valence-corrected chi connectivity index (χ3v) is 4.39. The Hall–Kier alpha value is -0.870. The van der Waals surface area contributed by atoms with Crippen LogP contribution in [0.25, 0.3) is 0 Å². The Labute approximate surface area is 123 Å². The quantitative estimate of drug-likeness (QED) is 0.920. The maximum absolute atomic E-state index is 6.47. The van der Waals surface area contributed by atoms with Gasteiger partial charge < -0.3 is 10.3 Å². The van der Waals surface area contributed by atoms with Crippen molar-refractivity contribution in [1.29, 1.82) is 0 Å². The molecule has 2 unspecified atom stereocenters. The third-order valence-electron chi connectivity index (χ3n) is 4.39. The van der Waals surface area contributed by atoms with Crippen molar-refractivity contribution in [1.82, 2.24) is 14.5 Å². The van der Waals surface area contributed by atoms with Crippen LogP contribution in [0.4, 0.5) is 0 Å². The first-order valence-electron chi connectivity index (χ1n) is 7.81. The van der Waals surface area contributed by atoms with Gasteiger partial charge in [-0.2, -0.15) is 0 Å². The molecule has 0 aromatic carbocycles. The number of aromatic nitrogens is 2. The fraction of sp³-hybridized carbons (Fsp3) is 0.812. The highest BCUT2D eigenvalue weighted by molar-refractivity contribution is 5.10. The number of fused-ring (bicyclic) bond motifs is 1. The summed E-state index contributed by atoms with van der Waals surface area (Å²) in [5.41, 5.74) is 7.63. The molecule has 0 aliphatic carbocycles. The minimum absolute atomic E-state index is 0.167. The molecule has 0 bridgehead atoms. The van der Waals surface area contributed by atoms with E-state index in [1.807, 2.05) is 6.20 Å². The zero-order chi connectivity index (χ0) is 14.9. The van der Waals surface area contributed by atoms with Crippen molar-refractivity contribution in [3.63, 3.8) is 0 Å². The molecule has 0 radical (unpaired) electrons. The Morgan fingerprint density at radius 1 is 1.50 bits per heavy atom. The number of nitrogens with two attached hydrogens (primary N) is 1. The molecule has 2 rings (SSSR count). The number of hydrogen-bond acceptors (Lipinski definition) is 3. The van der Waals surface area contributed by atoms with Crippen LogP contribution in [-0.4, -0.2) is 33.1 Å². The lowest BCUT2D eigenvalue weighted by atomic mass is 9.88. The van der Waals surface area contributed by atoms with Crippen molar-refractivity contribution in [2.24, 2.45) is 11.7 Å². The van der Waals surface area contributed by atoms with E-state index in [2.05, 4.69) is 49.2 Å². The van der Waals surface area contributed by atoms with Crippen molar-refractivity contribution in [3.05, 3.63) is 17.7 Å². The average molecular weight is 278 g/mol. The summed E-state index contributed by atoms with van der Waals surface area (Å²) in [6.07, 6.45) is 5.11. The molecule has 1 aromatic heterocycles. The van der Waals surface area contributed by atoms with Gasteiger partial charge in [0.1, 0.15) is 5.82 Å². The summed E-state index contributed by atoms with van der Waals surface area (Å²) in [7, 11) is 2.19. The highest BCUT2D eigenvalue weighted by Crippen LogP contribution is 2.22. The van der Waals surface area contributed by atoms with E-state index in [0.29, 0.717) is 12.0 Å². The fourth-order valence-corrected chi connectivity index (χ4v) is 3.31. The second-order valence-corrected chi connectivity index (χ2v) is 7.30. The topological polar surface area (TPSA) is 47.1 Å². The average Bonchev–Trinajstić information content (AvgIpc) is 2.58. The maximum Gasteiger partial charge on any atom is 0.110 e. The predicted octanol–water partition coefficient (Wildman–Crippen LogP) is 2.41. The molecule has 0 saturated heterocycles. The van der Waals surface area contributed by atoms with Gasteiger partial charge in [0.2, 0.25) is 0 Å². The smallest absolute Gasteiger partial charge is 0.110 e. The van der Waals surface area contributed by atoms with Gasteiger partial charge >= 0.3 is 0 Å². The number of rotatable bonds is 4. The van der Waals surface area contributed by atoms with Crippen molar-refractivity contribution in [2.45, 2.75) is 71.6 Å². The lowest BCUT2D eigenvalue weighted by molar-refractivity contribution is 0.246. The summed E-state index contributed by atoms with van der Waals surface area (Å²) in [5, 5.41) is 0. The summed E-state index contributed by atoms with van der Waals surface area (Å²) in [6.45, 7) is 11.0. The van der Waals surface area contributed by atoms with Crippen LogP contribution < -0.4 is 5.73 Å². The van der Waals surface area contributed by atoms with Gasteiger partial charge in [0.15, 0.2) is 0 Å². The Kier molecular flexibility index (Phi) is 4.55. The van der Waals surface area contributed by atoms with Gasteiger partial charge in [-0.05, 0) is 39.7 Å². The molecule has 1 aliphatic rings. The molecule has 2 heterocycles. The molecule has 0 fully saturated rings. The van der Waals surface area contributed by atoms with Crippen LogP contribution in [0.3, 0.4) is 0 Å². The SMILES string of the molecule is CC(C)CC(C)(N)Cc1ncc2n1CCC(C)N(C)C2. The van der Waals surface area contributed by atoms with E-state index in [1.165, 1.54) is 12.1 Å². The summed E-state index contributed by atoms with van der Waals surface area (Å²) in [5.74, 6) is 1.78. The molecule has 2 atom stereocenters. The van der Waals surface area contributed by atoms with Crippen molar-refractivity contribution < 1.29 is 0 Å². The van der Waals surface area contributed by atoms with Crippen molar-refractivity contribution >= 4 is 0 Å². The molecule has 0 spiro atoms. The van der Waals surface area contributed by atoms with Gasteiger partial charge in [-0.15, -0.1) is 0 Å². The van der Waals surface area contributed by atoms with Gasteiger partial charge in [-0.1, -0.05) is 13.8 Å². The van der Waals surface area contributed by atoms with Crippen LogP contribution in [0.1, 0.15) is 52.1 Å². The molecule has 20 heavy (non-hydrogen) atoms. The zero-order valence-electron chi connectivity index (χ0n) is 13.7. The highest BCUT2D eigenvalue weighted by Gasteiger charge is 2.26. The van der Waals surface area contributed by atoms with Gasteiger partial charge in [0.05, 0.1) is 5.69 Å². The van der Waals surface area contributed by atoms with E-state index in [-0.39, 0.29) is 5.54 Å². The third kappa shape index (κ3) is 3.61. The van der Waals surface area contributed by atoms with E-state index in [1.54, 1.807) is 0 Å². The Morgan fingerprint density at radius 2 is 2.20 bits per heavy atom. The molecule has 0 amide bonds. The first-order valence-corrected chi connectivity index (χ1v) is 7.81. The van der Waals surface area contributed by atoms with E-state index in [9.17, 15) is 0 Å². The van der Waals surface area contributed by atoms with Crippen molar-refractivity contribution in [2.75, 3.05) is 7.05 Å². The Morgan fingerprint density at radius 3 is 2.85 bits per heavy atom. The van der Waals surface area contributed by atoms with Gasteiger partial charge in [-0.3, -0.25) is 4.90 Å². The van der Waals surface area contributed by atoms with Crippen LogP contribution in [0.2, 0.25) is 0 Å². The summed E-state index contributed by atoms with van der Waals surface area (Å²) in [4.78, 5) is 7.05. The standard InChI is InChI=1S/C16H30N4/c1-12(2)8-16(4,17)9-15-18-10-14-11-19(5)13(3)6-7-20(14)15/h10,12-13H,6-9,11,17H2,1-5H3. The largest absolute Gasteiger partial charge is 0.331 e. The van der Waals surface area contributed by atoms with Crippen LogP contribution in [-0.2, 0) is 19.5 Å². The van der Waals surface area contributed by atoms with Gasteiger partial charge in [0, 0.05) is 37.3 Å². The summed E-state index contributed by atoms with van der Waals surface area (Å²) >= 11 is 0. The van der Waals surface area contributed by atoms with Gasteiger partial charge in [0.25, 0.3) is 0 Å². The minimum Gasteiger partial charge on any atom is -0.331 e. The number of imidazole rings is 1. The van der Waals surface area contributed by atoms with E-state index in [4.69, 9.17) is 5.73 Å². The van der Waals surface area contributed by atoms with E-state index in [0.717, 1.165) is 31.8 Å². The van der Waals surface area contributed by atoms with Crippen molar-refractivity contribution in [3.8, 4) is 0 Å². The summed E-state index contributed by atoms with van der Waals surface area (Å²) < 4.78 is 2.39. The molecule has 2 N–H and O–H groups in total. The molecule has 4 heteroatoms. The molecule has 0 saturated carbocycles. The van der Waals surface area contributed by atoms with Crippen LogP contribution in [0.15, 0.2) is 6.20 Å². The zero-order valence-corrected chi connectivity index (χ0v) is 13.7. The minimum atomic E-state index is -0.167. The first-order chi connectivity index (χ1) is 9.28. The van der Waals surface area contributed by atoms with Crippen LogP contribution >= 0.6 is 0 Å². The Bertz CT molecular complexity index is 447. The first kappa shape index (κ1) is 15.5. The normalized spacial score (nSPS) is 23.4. The number of nitrogens with zero attached hydrogens (tertiary/aromatic N) is 3. The van der Waals surface area contributed by atoms with Crippen LogP contribution in [0, 0.1) is 5.92 Å². The molecule has 114 valence electrons. The molecule has 4 nitrogen and oxygen atoms in total. The Balaban J connectivity index is 2.16. The lowest BCUT2D eigenvalue weighted by Gasteiger charge is -2.26. The number of hydrogen-bond donors (Lipinski definition) is 1. The molecule has 1 aliphatic heterocycles. The second kappa shape index (κ2) is 5.86. The van der Waals surface area contributed by atoms with Crippen LogP contribution in [0.5, 0.6) is 0 Å². The van der Waals surface area contributed by atoms with E-state index < -0.39 is 0 Å². The summed E-state index contributed by atoms with van der Waals surface area (Å²) in [6, 6.07) is 0.627. The fourth-order valence-electron chi connectivity index (χ4n) is 3.31. The van der Waals surface area contributed by atoms with E-state index >= 15 is 0 Å². The monoisotopic (exact) mass is 278 g/mol. The maximum atomic E-state index is 6.47. The second-order valence-electron chi connectivity index (χ2n) is 7.30. The highest BCUT2D eigenvalue weighted by atomic mass is 15.2. The molecular weight excluding hydrogens is 248 g/mol. The van der Waals surface area contributed by atoms with Gasteiger partial charge in [-0.25, -0.2) is 4.98 Å². The molecular formula is C16H30N4. The lowest BCUT2D eigenvalue weighted by Crippen LogP contribution is -2.40. The predicted molar refractivity (Wildman–Crippen MR) is 83.5 cm³/mol. The molecule has 1 aromatic rings.